The summed E-state index contributed by atoms with van der Waals surface area (Å²) in [4.78, 5) is 0. The van der Waals surface area contributed by atoms with Crippen molar-refractivity contribution in [1.29, 1.82) is 0 Å². The number of benzene rings is 3. The van der Waals surface area contributed by atoms with Gasteiger partial charge in [-0.2, -0.15) is 0 Å². The second-order valence-electron chi connectivity index (χ2n) is 5.48. The first-order valence-corrected chi connectivity index (χ1v) is 8.89. The average Bonchev–Trinajstić information content (AvgIpc) is 2.91. The zero-order chi connectivity index (χ0) is 14.8. The molecule has 1 aromatic heterocycles. The molecule has 106 valence electrons. The van der Waals surface area contributed by atoms with Crippen molar-refractivity contribution in [2.75, 3.05) is 0 Å². The van der Waals surface area contributed by atoms with Crippen LogP contribution in [0.25, 0.3) is 21.8 Å². The third kappa shape index (κ3) is 2.36. The number of aromatic nitrogens is 1. The molecule has 2 heteroatoms. The average molecular weight is 299 g/mol. The molecule has 0 fully saturated rings. The van der Waals surface area contributed by atoms with E-state index in [0.29, 0.717) is 0 Å². The maximum absolute atomic E-state index is 2.47. The fourth-order valence-electron chi connectivity index (χ4n) is 3.11. The third-order valence-corrected chi connectivity index (χ3v) is 5.33. The van der Waals surface area contributed by atoms with Crippen LogP contribution in [-0.2, 0) is 6.54 Å². The van der Waals surface area contributed by atoms with E-state index in [1.807, 2.05) is 0 Å². The van der Waals surface area contributed by atoms with E-state index in [4.69, 9.17) is 0 Å². The van der Waals surface area contributed by atoms with Crippen LogP contribution < -0.4 is 5.19 Å². The highest BCUT2D eigenvalue weighted by atomic mass is 28.2. The smallest absolute Gasteiger partial charge is 0.0826 e. The minimum Gasteiger partial charge on any atom is -0.341 e. The number of fused-ring (bicyclic) bond motifs is 3. The molecule has 1 nitrogen and oxygen atoms in total. The summed E-state index contributed by atoms with van der Waals surface area (Å²) in [7, 11) is 0.864. The lowest BCUT2D eigenvalue weighted by molar-refractivity contribution is 0.823. The van der Waals surface area contributed by atoms with Crippen molar-refractivity contribution < 1.29 is 0 Å². The largest absolute Gasteiger partial charge is 0.341 e. The van der Waals surface area contributed by atoms with Gasteiger partial charge in [0, 0.05) is 28.4 Å². The van der Waals surface area contributed by atoms with Gasteiger partial charge >= 0.3 is 0 Å². The zero-order valence-corrected chi connectivity index (χ0v) is 13.4. The Morgan fingerprint density at radius 1 is 0.636 bits per heavy atom. The van der Waals surface area contributed by atoms with Crippen LogP contribution in [0.1, 0.15) is 0 Å². The number of aryl methyl sites for hydroxylation is 1. The maximum atomic E-state index is 2.47. The van der Waals surface area contributed by atoms with Crippen LogP contribution >= 0.6 is 0 Å². The number of hydrogen-bond acceptors (Lipinski definition) is 0. The predicted octanol–water partition coefficient (Wildman–Crippen LogP) is 4.24. The highest BCUT2D eigenvalue weighted by Crippen LogP contribution is 2.28. The van der Waals surface area contributed by atoms with Gasteiger partial charge in [-0.25, -0.2) is 0 Å². The van der Waals surface area contributed by atoms with E-state index < -0.39 is 0 Å². The van der Waals surface area contributed by atoms with Gasteiger partial charge in [-0.3, -0.25) is 0 Å². The van der Waals surface area contributed by atoms with Crippen molar-refractivity contribution in [2.24, 2.45) is 0 Å². The van der Waals surface area contributed by atoms with Crippen molar-refractivity contribution in [3.8, 4) is 0 Å². The number of rotatable bonds is 4. The Labute approximate surface area is 133 Å². The fourth-order valence-corrected chi connectivity index (χ4v) is 4.16. The van der Waals surface area contributed by atoms with Gasteiger partial charge in [0.1, 0.15) is 0 Å². The van der Waals surface area contributed by atoms with E-state index in [1.54, 1.807) is 0 Å². The number of nitrogens with zero attached hydrogens (tertiary/aromatic N) is 1. The summed E-state index contributed by atoms with van der Waals surface area (Å²) < 4.78 is 2.47. The Morgan fingerprint density at radius 3 is 1.82 bits per heavy atom. The van der Waals surface area contributed by atoms with Crippen LogP contribution in [0.5, 0.6) is 0 Å². The Bertz CT molecular complexity index is 855. The lowest BCUT2D eigenvalue weighted by atomic mass is 10.2. The molecule has 0 saturated carbocycles. The molecule has 0 atom stereocenters. The topological polar surface area (TPSA) is 4.93 Å². The van der Waals surface area contributed by atoms with Crippen molar-refractivity contribution in [2.45, 2.75) is 12.6 Å². The third-order valence-electron chi connectivity index (χ3n) is 4.12. The summed E-state index contributed by atoms with van der Waals surface area (Å²) >= 11 is 0. The van der Waals surface area contributed by atoms with E-state index in [2.05, 4.69) is 83.4 Å². The fraction of sp³-hybridized carbons (Fsp3) is 0.100. The van der Waals surface area contributed by atoms with E-state index in [1.165, 1.54) is 33.0 Å². The van der Waals surface area contributed by atoms with Crippen LogP contribution in [0.15, 0.2) is 78.9 Å². The normalized spacial score (nSPS) is 11.3. The quantitative estimate of drug-likeness (QED) is 0.497. The van der Waals surface area contributed by atoms with Gasteiger partial charge in [-0.1, -0.05) is 71.9 Å². The van der Waals surface area contributed by atoms with Crippen LogP contribution in [-0.4, -0.2) is 14.1 Å². The molecule has 0 aliphatic carbocycles. The molecule has 0 unspecified atom stereocenters. The number of para-hydroxylation sites is 2. The summed E-state index contributed by atoms with van der Waals surface area (Å²) in [6, 6.07) is 29.4. The van der Waals surface area contributed by atoms with E-state index in [0.717, 1.165) is 16.1 Å². The summed E-state index contributed by atoms with van der Waals surface area (Å²) in [6.45, 7) is 1.07. The molecular weight excluding hydrogens is 282 g/mol. The SMILES string of the molecule is c1ccc([Si]CCn2c3ccccc3c3ccccc32)cc1. The predicted molar refractivity (Wildman–Crippen MR) is 96.1 cm³/mol. The van der Waals surface area contributed by atoms with Gasteiger partial charge in [-0.05, 0) is 18.2 Å². The second kappa shape index (κ2) is 5.82. The lowest BCUT2D eigenvalue weighted by Crippen LogP contribution is -2.14. The van der Waals surface area contributed by atoms with E-state index >= 15 is 0 Å². The summed E-state index contributed by atoms with van der Waals surface area (Å²) in [6.07, 6.45) is 0. The summed E-state index contributed by atoms with van der Waals surface area (Å²) in [5, 5.41) is 4.17. The Balaban J connectivity index is 1.68. The van der Waals surface area contributed by atoms with E-state index in [-0.39, 0.29) is 0 Å². The first-order valence-electron chi connectivity index (χ1n) is 7.68. The van der Waals surface area contributed by atoms with Gasteiger partial charge in [-0.15, -0.1) is 0 Å². The molecule has 4 aromatic rings. The summed E-state index contributed by atoms with van der Waals surface area (Å²) in [5.74, 6) is 0. The first kappa shape index (κ1) is 13.3. The molecule has 2 radical (unpaired) electrons. The van der Waals surface area contributed by atoms with Crippen molar-refractivity contribution in [3.63, 3.8) is 0 Å². The Morgan fingerprint density at radius 2 is 1.18 bits per heavy atom. The van der Waals surface area contributed by atoms with Gasteiger partial charge < -0.3 is 4.57 Å². The second-order valence-corrected chi connectivity index (χ2v) is 6.91. The standard InChI is InChI=1S/C20H17NSi/c1-2-8-16(9-3-1)22-15-14-21-19-12-6-4-10-17(19)18-11-5-7-13-20(18)21/h1-13H,14-15H2. The molecule has 0 N–H and O–H groups in total. The van der Waals surface area contributed by atoms with Gasteiger partial charge in [0.25, 0.3) is 0 Å². The van der Waals surface area contributed by atoms with Crippen molar-refractivity contribution in [3.05, 3.63) is 78.9 Å². The highest BCUT2D eigenvalue weighted by Gasteiger charge is 2.09. The van der Waals surface area contributed by atoms with Gasteiger partial charge in [0.05, 0.1) is 9.52 Å². The number of hydrogen-bond donors (Lipinski definition) is 0. The monoisotopic (exact) mass is 299 g/mol. The van der Waals surface area contributed by atoms with Crippen LogP contribution in [0.4, 0.5) is 0 Å². The lowest BCUT2D eigenvalue weighted by Gasteiger charge is -2.07. The minimum atomic E-state index is 0.864. The molecular formula is C20H17NSi. The van der Waals surface area contributed by atoms with Gasteiger partial charge in [0.2, 0.25) is 0 Å². The Kier molecular flexibility index (Phi) is 3.53. The molecule has 0 aliphatic heterocycles. The van der Waals surface area contributed by atoms with Gasteiger partial charge in [0.15, 0.2) is 0 Å². The molecule has 3 aromatic carbocycles. The molecule has 0 spiro atoms. The van der Waals surface area contributed by atoms with Crippen LogP contribution in [0.2, 0.25) is 6.04 Å². The summed E-state index contributed by atoms with van der Waals surface area (Å²) in [5.41, 5.74) is 2.70. The minimum absolute atomic E-state index is 0.864. The highest BCUT2D eigenvalue weighted by molar-refractivity contribution is 6.53. The van der Waals surface area contributed by atoms with E-state index in [9.17, 15) is 0 Å². The van der Waals surface area contributed by atoms with Crippen molar-refractivity contribution in [1.82, 2.24) is 4.57 Å². The molecule has 0 saturated heterocycles. The molecule has 0 bridgehead atoms. The van der Waals surface area contributed by atoms with Crippen molar-refractivity contribution >= 4 is 36.5 Å². The molecule has 0 amide bonds. The zero-order valence-electron chi connectivity index (χ0n) is 12.4. The Hall–Kier alpha value is -2.32. The van der Waals surface area contributed by atoms with Crippen LogP contribution in [0.3, 0.4) is 0 Å². The first-order chi connectivity index (χ1) is 10.9. The molecule has 22 heavy (non-hydrogen) atoms. The molecule has 1 heterocycles. The van der Waals surface area contributed by atoms with Crippen LogP contribution in [0, 0.1) is 0 Å². The maximum Gasteiger partial charge on any atom is 0.0826 e. The molecule has 0 aliphatic rings. The molecule has 4 rings (SSSR count).